The molecule has 6 heteroatoms. The minimum atomic E-state index is 0.592. The van der Waals surface area contributed by atoms with Crippen LogP contribution in [0.5, 0.6) is 0 Å². The van der Waals surface area contributed by atoms with Gasteiger partial charge in [0, 0.05) is 30.7 Å². The highest BCUT2D eigenvalue weighted by Gasteiger charge is 2.06. The van der Waals surface area contributed by atoms with Gasteiger partial charge in [-0.2, -0.15) is 5.10 Å². The lowest BCUT2D eigenvalue weighted by molar-refractivity contribution is 0.767. The van der Waals surface area contributed by atoms with Gasteiger partial charge in [0.1, 0.15) is 5.82 Å². The van der Waals surface area contributed by atoms with Gasteiger partial charge in [-0.3, -0.25) is 4.68 Å². The Hall–Kier alpha value is -1.78. The topological polar surface area (TPSA) is 42.7 Å². The summed E-state index contributed by atoms with van der Waals surface area (Å²) in [6, 6.07) is 7.34. The average molecular weight is 307 g/mol. The Kier molecular flexibility index (Phi) is 3.51. The number of benzene rings is 1. The zero-order valence-corrected chi connectivity index (χ0v) is 12.3. The molecule has 0 atom stereocenters. The number of rotatable bonds is 3. The predicted octanol–water partition coefficient (Wildman–Crippen LogP) is 3.89. The molecule has 3 aromatic rings. The number of nitrogens with one attached hydrogen (secondary N) is 1. The van der Waals surface area contributed by atoms with Crippen LogP contribution in [-0.4, -0.2) is 14.8 Å². The van der Waals surface area contributed by atoms with E-state index in [-0.39, 0.29) is 0 Å². The van der Waals surface area contributed by atoms with Crippen LogP contribution in [0.3, 0.4) is 0 Å². The molecular formula is C14H12Cl2N4. The third-order valence-electron chi connectivity index (χ3n) is 2.99. The molecule has 2 aromatic heterocycles. The van der Waals surface area contributed by atoms with Crippen LogP contribution in [0.4, 0.5) is 5.82 Å². The van der Waals surface area contributed by atoms with E-state index in [4.69, 9.17) is 23.2 Å². The zero-order valence-electron chi connectivity index (χ0n) is 10.8. The summed E-state index contributed by atoms with van der Waals surface area (Å²) in [4.78, 5) is 4.50. The first-order chi connectivity index (χ1) is 9.63. The summed E-state index contributed by atoms with van der Waals surface area (Å²) in [6.45, 7) is 0.657. The molecule has 0 radical (unpaired) electrons. The SMILES string of the molecule is Cn1cc(CNc2ccc3c(Cl)ccc(Cl)c3n2)cn1. The molecule has 0 aliphatic heterocycles. The summed E-state index contributed by atoms with van der Waals surface area (Å²) < 4.78 is 1.77. The molecule has 0 unspecified atom stereocenters. The van der Waals surface area contributed by atoms with E-state index in [1.165, 1.54) is 0 Å². The highest BCUT2D eigenvalue weighted by Crippen LogP contribution is 2.29. The second-order valence-corrected chi connectivity index (χ2v) is 5.31. The lowest BCUT2D eigenvalue weighted by Crippen LogP contribution is -2.00. The van der Waals surface area contributed by atoms with Gasteiger partial charge in [0.05, 0.1) is 21.8 Å². The van der Waals surface area contributed by atoms with E-state index in [1.807, 2.05) is 31.6 Å². The highest BCUT2D eigenvalue weighted by molar-refractivity contribution is 6.39. The van der Waals surface area contributed by atoms with Gasteiger partial charge in [0.15, 0.2) is 0 Å². The maximum absolute atomic E-state index is 6.16. The molecule has 0 amide bonds. The molecule has 1 aromatic carbocycles. The first kappa shape index (κ1) is 13.2. The number of aromatic nitrogens is 3. The van der Waals surface area contributed by atoms with Crippen LogP contribution in [0.1, 0.15) is 5.56 Å². The summed E-state index contributed by atoms with van der Waals surface area (Å²) in [5.41, 5.74) is 1.79. The first-order valence-corrected chi connectivity index (χ1v) is 6.85. The molecule has 4 nitrogen and oxygen atoms in total. The van der Waals surface area contributed by atoms with Crippen molar-refractivity contribution in [3.63, 3.8) is 0 Å². The Morgan fingerprint density at radius 2 is 1.95 bits per heavy atom. The number of halogens is 2. The second kappa shape index (κ2) is 5.31. The Bertz CT molecular complexity index is 767. The van der Waals surface area contributed by atoms with Gasteiger partial charge in [-0.05, 0) is 24.3 Å². The van der Waals surface area contributed by atoms with Crippen molar-refractivity contribution in [2.75, 3.05) is 5.32 Å². The fourth-order valence-corrected chi connectivity index (χ4v) is 2.43. The molecule has 20 heavy (non-hydrogen) atoms. The smallest absolute Gasteiger partial charge is 0.126 e. The monoisotopic (exact) mass is 306 g/mol. The van der Waals surface area contributed by atoms with E-state index in [0.29, 0.717) is 22.1 Å². The lowest BCUT2D eigenvalue weighted by Gasteiger charge is -2.07. The van der Waals surface area contributed by atoms with Crippen LogP contribution < -0.4 is 5.32 Å². The Balaban J connectivity index is 1.87. The largest absolute Gasteiger partial charge is 0.366 e. The van der Waals surface area contributed by atoms with Crippen molar-refractivity contribution in [3.8, 4) is 0 Å². The molecule has 0 bridgehead atoms. The lowest BCUT2D eigenvalue weighted by atomic mass is 10.2. The molecule has 102 valence electrons. The van der Waals surface area contributed by atoms with E-state index >= 15 is 0 Å². The predicted molar refractivity (Wildman–Crippen MR) is 82.3 cm³/mol. The molecule has 0 fully saturated rings. The van der Waals surface area contributed by atoms with Gasteiger partial charge in [0.2, 0.25) is 0 Å². The summed E-state index contributed by atoms with van der Waals surface area (Å²) >= 11 is 12.3. The van der Waals surface area contributed by atoms with E-state index < -0.39 is 0 Å². The number of fused-ring (bicyclic) bond motifs is 1. The maximum Gasteiger partial charge on any atom is 0.126 e. The fraction of sp³-hybridized carbons (Fsp3) is 0.143. The molecule has 2 heterocycles. The summed E-state index contributed by atoms with van der Waals surface area (Å²) in [5, 5.41) is 9.46. The third kappa shape index (κ3) is 2.57. The number of pyridine rings is 1. The van der Waals surface area contributed by atoms with E-state index in [0.717, 1.165) is 16.8 Å². The molecule has 0 spiro atoms. The van der Waals surface area contributed by atoms with E-state index in [9.17, 15) is 0 Å². The Morgan fingerprint density at radius 3 is 2.70 bits per heavy atom. The molecular weight excluding hydrogens is 295 g/mol. The van der Waals surface area contributed by atoms with Crippen LogP contribution in [-0.2, 0) is 13.6 Å². The number of hydrogen-bond donors (Lipinski definition) is 1. The van der Waals surface area contributed by atoms with E-state index in [2.05, 4.69) is 15.4 Å². The fourth-order valence-electron chi connectivity index (χ4n) is 2.00. The number of nitrogens with zero attached hydrogens (tertiary/aromatic N) is 3. The van der Waals surface area contributed by atoms with Gasteiger partial charge >= 0.3 is 0 Å². The number of aryl methyl sites for hydroxylation is 1. The molecule has 3 rings (SSSR count). The minimum Gasteiger partial charge on any atom is -0.366 e. The Morgan fingerprint density at radius 1 is 1.15 bits per heavy atom. The van der Waals surface area contributed by atoms with Crippen molar-refractivity contribution < 1.29 is 0 Å². The normalized spacial score (nSPS) is 10.9. The van der Waals surface area contributed by atoms with Gasteiger partial charge in [0.25, 0.3) is 0 Å². The van der Waals surface area contributed by atoms with Gasteiger partial charge in [-0.25, -0.2) is 4.98 Å². The van der Waals surface area contributed by atoms with Crippen molar-refractivity contribution in [2.45, 2.75) is 6.54 Å². The van der Waals surface area contributed by atoms with Gasteiger partial charge < -0.3 is 5.32 Å². The summed E-state index contributed by atoms with van der Waals surface area (Å²) in [5.74, 6) is 0.755. The van der Waals surface area contributed by atoms with Crippen molar-refractivity contribution in [1.82, 2.24) is 14.8 Å². The highest BCUT2D eigenvalue weighted by atomic mass is 35.5. The van der Waals surface area contributed by atoms with Crippen LogP contribution in [0.25, 0.3) is 10.9 Å². The summed E-state index contributed by atoms with van der Waals surface area (Å²) in [6.07, 6.45) is 3.77. The van der Waals surface area contributed by atoms with Crippen LogP contribution in [0, 0.1) is 0 Å². The number of hydrogen-bond acceptors (Lipinski definition) is 3. The summed E-state index contributed by atoms with van der Waals surface area (Å²) in [7, 11) is 1.89. The molecule has 0 saturated heterocycles. The van der Waals surface area contributed by atoms with Crippen molar-refractivity contribution in [3.05, 3.63) is 52.3 Å². The van der Waals surface area contributed by atoms with E-state index in [1.54, 1.807) is 16.8 Å². The van der Waals surface area contributed by atoms with Crippen LogP contribution >= 0.6 is 23.2 Å². The number of anilines is 1. The second-order valence-electron chi connectivity index (χ2n) is 4.50. The van der Waals surface area contributed by atoms with Crippen molar-refractivity contribution in [2.24, 2.45) is 7.05 Å². The Labute approximate surface area is 126 Å². The quantitative estimate of drug-likeness (QED) is 0.798. The molecule has 1 N–H and O–H groups in total. The van der Waals surface area contributed by atoms with Gasteiger partial charge in [-0.1, -0.05) is 23.2 Å². The standard InChI is InChI=1S/C14H12Cl2N4/c1-20-8-9(7-18-20)6-17-13-5-2-10-11(15)3-4-12(16)14(10)19-13/h2-5,7-8H,6H2,1H3,(H,17,19). The van der Waals surface area contributed by atoms with Crippen molar-refractivity contribution >= 4 is 39.9 Å². The molecule has 0 aliphatic rings. The average Bonchev–Trinajstić information content (AvgIpc) is 2.86. The van der Waals surface area contributed by atoms with Crippen molar-refractivity contribution in [1.29, 1.82) is 0 Å². The molecule has 0 saturated carbocycles. The minimum absolute atomic E-state index is 0.592. The first-order valence-electron chi connectivity index (χ1n) is 6.09. The molecule has 0 aliphatic carbocycles. The van der Waals surface area contributed by atoms with Gasteiger partial charge in [-0.15, -0.1) is 0 Å². The van der Waals surface area contributed by atoms with Crippen LogP contribution in [0.2, 0.25) is 10.0 Å². The zero-order chi connectivity index (χ0) is 14.1. The maximum atomic E-state index is 6.16. The van der Waals surface area contributed by atoms with Crippen LogP contribution in [0.15, 0.2) is 36.7 Å². The third-order valence-corrected chi connectivity index (χ3v) is 3.62.